The summed E-state index contributed by atoms with van der Waals surface area (Å²) in [5.41, 5.74) is 4.01. The number of carboxylic acid groups (broad SMARTS) is 1. The molecule has 1 aliphatic rings. The number of likely N-dealkylation sites (tertiary alicyclic amines) is 1. The molecule has 1 saturated heterocycles. The third-order valence-corrected chi connectivity index (χ3v) is 7.41. The molecule has 2 unspecified atom stereocenters. The summed E-state index contributed by atoms with van der Waals surface area (Å²) in [5, 5.41) is 25.0. The van der Waals surface area contributed by atoms with E-state index in [1.54, 1.807) is 32.1 Å². The summed E-state index contributed by atoms with van der Waals surface area (Å²) in [7, 11) is 3.82. The van der Waals surface area contributed by atoms with E-state index >= 15 is 0 Å². The SMILES string of the molecule is Cc1ncsc1-c1ccc(C(CN(C)C)NC(=O)[C@@H]2C[C@@H](O)CN2C(=O)C(NC(=O)O)C(C)(C)C)cc1. The highest BCUT2D eigenvalue weighted by Crippen LogP contribution is 2.29. The van der Waals surface area contributed by atoms with Crippen molar-refractivity contribution < 1.29 is 24.6 Å². The van der Waals surface area contributed by atoms with Crippen LogP contribution in [0.4, 0.5) is 4.79 Å². The van der Waals surface area contributed by atoms with Crippen molar-refractivity contribution in [1.82, 2.24) is 25.4 Å². The molecule has 3 rings (SSSR count). The minimum Gasteiger partial charge on any atom is -0.465 e. The van der Waals surface area contributed by atoms with E-state index in [0.29, 0.717) is 6.54 Å². The fourth-order valence-electron chi connectivity index (χ4n) is 4.56. The first kappa shape index (κ1) is 28.5. The van der Waals surface area contributed by atoms with Crippen LogP contribution in [0.1, 0.15) is 44.5 Å². The summed E-state index contributed by atoms with van der Waals surface area (Å²) in [6, 6.07) is 5.63. The van der Waals surface area contributed by atoms with Crippen LogP contribution < -0.4 is 10.6 Å². The van der Waals surface area contributed by atoms with Gasteiger partial charge in [-0.3, -0.25) is 9.59 Å². The maximum atomic E-state index is 13.5. The molecule has 2 aromatic rings. The summed E-state index contributed by atoms with van der Waals surface area (Å²) in [5.74, 6) is -0.915. The number of aromatic nitrogens is 1. The van der Waals surface area contributed by atoms with Gasteiger partial charge in [0, 0.05) is 19.5 Å². The van der Waals surface area contributed by atoms with Crippen molar-refractivity contribution >= 4 is 29.2 Å². The van der Waals surface area contributed by atoms with Gasteiger partial charge in [-0.15, -0.1) is 11.3 Å². The Labute approximate surface area is 221 Å². The quantitative estimate of drug-likeness (QED) is 0.411. The van der Waals surface area contributed by atoms with Crippen LogP contribution in [-0.2, 0) is 9.59 Å². The van der Waals surface area contributed by atoms with Gasteiger partial charge >= 0.3 is 6.09 Å². The van der Waals surface area contributed by atoms with Crippen LogP contribution in [-0.4, -0.2) is 88.3 Å². The fraction of sp³-hybridized carbons (Fsp3) is 0.538. The molecule has 4 atom stereocenters. The lowest BCUT2D eigenvalue weighted by molar-refractivity contribution is -0.142. The van der Waals surface area contributed by atoms with Crippen LogP contribution in [0.25, 0.3) is 10.4 Å². The Morgan fingerprint density at radius 2 is 1.84 bits per heavy atom. The number of amides is 3. The van der Waals surface area contributed by atoms with E-state index in [9.17, 15) is 24.6 Å². The average molecular weight is 532 g/mol. The number of likely N-dealkylation sites (N-methyl/N-ethyl adjacent to an activating group) is 1. The molecule has 4 N–H and O–H groups in total. The smallest absolute Gasteiger partial charge is 0.405 e. The van der Waals surface area contributed by atoms with Crippen molar-refractivity contribution in [3.05, 3.63) is 41.0 Å². The number of β-amino-alcohol motifs (C(OH)–C–C–N with tert-alkyl or cyclic N) is 1. The third kappa shape index (κ3) is 7.06. The number of aliphatic hydroxyl groups is 1. The zero-order valence-corrected chi connectivity index (χ0v) is 23.0. The number of aliphatic hydroxyl groups excluding tert-OH is 1. The first-order chi connectivity index (χ1) is 17.3. The van der Waals surface area contributed by atoms with Gasteiger partial charge in [-0.05, 0) is 37.6 Å². The molecule has 11 heteroatoms. The molecule has 0 bridgehead atoms. The Morgan fingerprint density at radius 1 is 1.19 bits per heavy atom. The van der Waals surface area contributed by atoms with Gasteiger partial charge in [0.15, 0.2) is 0 Å². The van der Waals surface area contributed by atoms with E-state index in [0.717, 1.165) is 21.7 Å². The predicted octanol–water partition coefficient (Wildman–Crippen LogP) is 2.48. The second-order valence-electron chi connectivity index (χ2n) is 10.9. The number of nitrogens with zero attached hydrogens (tertiary/aromatic N) is 3. The molecule has 0 spiro atoms. The number of carbonyl (C=O) groups is 3. The normalized spacial score (nSPS) is 19.5. The van der Waals surface area contributed by atoms with Crippen LogP contribution in [0.15, 0.2) is 29.8 Å². The lowest BCUT2D eigenvalue weighted by Gasteiger charge is -2.35. The van der Waals surface area contributed by atoms with Gasteiger partial charge in [0.25, 0.3) is 0 Å². The van der Waals surface area contributed by atoms with Gasteiger partial charge in [-0.2, -0.15) is 0 Å². The zero-order valence-electron chi connectivity index (χ0n) is 22.2. The third-order valence-electron chi connectivity index (χ3n) is 6.43. The molecule has 3 amide bonds. The van der Waals surface area contributed by atoms with Gasteiger partial charge in [0.2, 0.25) is 11.8 Å². The Kier molecular flexibility index (Phi) is 8.93. The molecule has 0 aliphatic carbocycles. The van der Waals surface area contributed by atoms with Crippen molar-refractivity contribution in [2.24, 2.45) is 5.41 Å². The van der Waals surface area contributed by atoms with Crippen LogP contribution in [0.2, 0.25) is 0 Å². The molecule has 10 nitrogen and oxygen atoms in total. The van der Waals surface area contributed by atoms with Gasteiger partial charge in [-0.1, -0.05) is 45.0 Å². The maximum absolute atomic E-state index is 13.5. The summed E-state index contributed by atoms with van der Waals surface area (Å²) in [6.45, 7) is 7.70. The van der Waals surface area contributed by atoms with E-state index in [-0.39, 0.29) is 24.9 Å². The van der Waals surface area contributed by atoms with E-state index in [1.165, 1.54) is 4.90 Å². The number of benzene rings is 1. The average Bonchev–Trinajstić information content (AvgIpc) is 3.41. The Hall–Kier alpha value is -3.02. The first-order valence-corrected chi connectivity index (χ1v) is 13.1. The van der Waals surface area contributed by atoms with Crippen molar-refractivity contribution in [2.75, 3.05) is 27.2 Å². The monoisotopic (exact) mass is 531 g/mol. The van der Waals surface area contributed by atoms with Crippen LogP contribution in [0.5, 0.6) is 0 Å². The molecule has 1 aliphatic heterocycles. The Balaban J connectivity index is 1.82. The van der Waals surface area contributed by atoms with E-state index < -0.39 is 35.6 Å². The van der Waals surface area contributed by atoms with Crippen LogP contribution in [0.3, 0.4) is 0 Å². The molecule has 0 saturated carbocycles. The maximum Gasteiger partial charge on any atom is 0.405 e. The number of carbonyl (C=O) groups excluding carboxylic acids is 2. The molecule has 202 valence electrons. The number of nitrogens with one attached hydrogen (secondary N) is 2. The predicted molar refractivity (Wildman–Crippen MR) is 142 cm³/mol. The number of hydrogen-bond donors (Lipinski definition) is 4. The van der Waals surface area contributed by atoms with Crippen LogP contribution in [0, 0.1) is 12.3 Å². The lowest BCUT2D eigenvalue weighted by Crippen LogP contribution is -2.57. The Bertz CT molecular complexity index is 1110. The number of hydrogen-bond acceptors (Lipinski definition) is 7. The highest BCUT2D eigenvalue weighted by atomic mass is 32.1. The fourth-order valence-corrected chi connectivity index (χ4v) is 5.37. The topological polar surface area (TPSA) is 135 Å². The standard InChI is InChI=1S/C26H37N5O5S/c1-15-21(37-14-27-15)17-9-7-16(8-10-17)19(13-30(5)6)28-23(33)20-11-18(32)12-31(20)24(34)22(26(2,3)4)29-25(35)36/h7-10,14,18-20,22,29,32H,11-13H2,1-6H3,(H,28,33)(H,35,36)/t18-,19?,20+,22?/m1/s1. The summed E-state index contributed by atoms with van der Waals surface area (Å²) < 4.78 is 0. The molecule has 1 fully saturated rings. The van der Waals surface area contributed by atoms with E-state index in [2.05, 4.69) is 15.6 Å². The minimum atomic E-state index is -1.32. The van der Waals surface area contributed by atoms with Crippen molar-refractivity contribution in [1.29, 1.82) is 0 Å². The highest BCUT2D eigenvalue weighted by Gasteiger charge is 2.44. The van der Waals surface area contributed by atoms with E-state index in [1.807, 2.05) is 55.7 Å². The number of aryl methyl sites for hydroxylation is 1. The number of thiazole rings is 1. The first-order valence-electron chi connectivity index (χ1n) is 12.2. The number of rotatable bonds is 8. The van der Waals surface area contributed by atoms with Crippen LogP contribution >= 0.6 is 11.3 Å². The molecule has 1 aromatic carbocycles. The molecule has 1 aromatic heterocycles. The highest BCUT2D eigenvalue weighted by molar-refractivity contribution is 7.13. The van der Waals surface area contributed by atoms with Crippen molar-refractivity contribution in [3.8, 4) is 10.4 Å². The van der Waals surface area contributed by atoms with Gasteiger partial charge in [0.05, 0.1) is 28.2 Å². The largest absolute Gasteiger partial charge is 0.465 e. The zero-order chi connectivity index (χ0) is 27.5. The molecule has 0 radical (unpaired) electrons. The minimum absolute atomic E-state index is 0.0357. The lowest BCUT2D eigenvalue weighted by atomic mass is 9.85. The molecular weight excluding hydrogens is 494 g/mol. The summed E-state index contributed by atoms with van der Waals surface area (Å²) in [6.07, 6.45) is -2.11. The van der Waals surface area contributed by atoms with Gasteiger partial charge in [0.1, 0.15) is 12.1 Å². The molecular formula is C26H37N5O5S. The molecule has 2 heterocycles. The second kappa shape index (κ2) is 11.6. The summed E-state index contributed by atoms with van der Waals surface area (Å²) >= 11 is 1.57. The van der Waals surface area contributed by atoms with Crippen molar-refractivity contribution in [2.45, 2.75) is 58.3 Å². The van der Waals surface area contributed by atoms with Gasteiger partial charge < -0.3 is 30.6 Å². The summed E-state index contributed by atoms with van der Waals surface area (Å²) in [4.78, 5) is 46.9. The van der Waals surface area contributed by atoms with E-state index in [4.69, 9.17) is 0 Å². The second-order valence-corrected chi connectivity index (χ2v) is 11.7. The van der Waals surface area contributed by atoms with Gasteiger partial charge in [-0.25, -0.2) is 9.78 Å². The van der Waals surface area contributed by atoms with Crippen molar-refractivity contribution in [3.63, 3.8) is 0 Å². The Morgan fingerprint density at radius 3 is 2.35 bits per heavy atom. The molecule has 37 heavy (non-hydrogen) atoms.